The lowest BCUT2D eigenvalue weighted by atomic mass is 9.65. The van der Waals surface area contributed by atoms with E-state index in [2.05, 4.69) is 10.8 Å². The Morgan fingerprint density at radius 3 is 2.57 bits per heavy atom. The first-order valence-corrected chi connectivity index (χ1v) is 9.04. The van der Waals surface area contributed by atoms with Crippen LogP contribution in [0.15, 0.2) is 12.1 Å². The number of hydrogen-bond donors (Lipinski definition) is 0. The third kappa shape index (κ3) is 3.53. The van der Waals surface area contributed by atoms with Crippen molar-refractivity contribution in [3.63, 3.8) is 0 Å². The van der Waals surface area contributed by atoms with Crippen LogP contribution in [0.1, 0.15) is 49.1 Å². The summed E-state index contributed by atoms with van der Waals surface area (Å²) in [6, 6.07) is 5.20. The van der Waals surface area contributed by atoms with Gasteiger partial charge in [0.1, 0.15) is 23.2 Å². The average Bonchev–Trinajstić information content (AvgIpc) is 3.52. The highest BCUT2D eigenvalue weighted by Crippen LogP contribution is 2.54. The van der Waals surface area contributed by atoms with Crippen LogP contribution in [0.3, 0.4) is 0 Å². The number of methoxy groups -OCH3 is 2. The van der Waals surface area contributed by atoms with Crippen molar-refractivity contribution in [3.05, 3.63) is 23.3 Å². The molecule has 2 aliphatic rings. The first-order valence-electron chi connectivity index (χ1n) is 9.04. The van der Waals surface area contributed by atoms with Gasteiger partial charge in [-0.2, -0.15) is 14.0 Å². The molecule has 28 heavy (non-hydrogen) atoms. The van der Waals surface area contributed by atoms with Gasteiger partial charge in [0.2, 0.25) is 0 Å². The van der Waals surface area contributed by atoms with Gasteiger partial charge in [-0.3, -0.25) is 9.59 Å². The maximum atomic E-state index is 12.8. The van der Waals surface area contributed by atoms with Crippen LogP contribution >= 0.6 is 0 Å². The van der Waals surface area contributed by atoms with Crippen molar-refractivity contribution < 1.29 is 32.6 Å². The van der Waals surface area contributed by atoms with E-state index in [9.17, 15) is 23.6 Å². The summed E-state index contributed by atoms with van der Waals surface area (Å²) in [7, 11) is 2.61. The molecule has 3 rings (SSSR count). The number of nitrogens with zero attached hydrogens (tertiary/aromatic N) is 1. The lowest BCUT2D eigenvalue weighted by Crippen LogP contribution is -2.40. The number of benzene rings is 1. The Kier molecular flexibility index (Phi) is 5.54. The molecule has 2 atom stereocenters. The fourth-order valence-corrected chi connectivity index (χ4v) is 3.97. The highest BCUT2D eigenvalue weighted by molar-refractivity contribution is 6.00. The molecule has 1 aromatic carbocycles. The lowest BCUT2D eigenvalue weighted by molar-refractivity contribution is -0.151. The van der Waals surface area contributed by atoms with Gasteiger partial charge in [-0.15, -0.1) is 0 Å². The van der Waals surface area contributed by atoms with E-state index >= 15 is 0 Å². The van der Waals surface area contributed by atoms with Crippen molar-refractivity contribution in [2.24, 2.45) is 5.92 Å². The van der Waals surface area contributed by atoms with E-state index < -0.39 is 23.9 Å². The molecule has 0 radical (unpaired) electrons. The molecule has 2 aliphatic carbocycles. The fraction of sp³-hybridized carbons (Fsp3) is 0.550. The number of hydrogen-bond acceptors (Lipinski definition) is 6. The third-order valence-electron chi connectivity index (χ3n) is 5.52. The van der Waals surface area contributed by atoms with Crippen molar-refractivity contribution in [2.75, 3.05) is 14.2 Å². The smallest absolute Gasteiger partial charge is 0.387 e. The molecule has 2 saturated carbocycles. The summed E-state index contributed by atoms with van der Waals surface area (Å²) in [5.74, 6) is -1.62. The van der Waals surface area contributed by atoms with E-state index in [-0.39, 0.29) is 36.7 Å². The van der Waals surface area contributed by atoms with Crippen LogP contribution in [0.25, 0.3) is 0 Å². The number of ketones is 1. The SMILES string of the molecule is COC(=O)C1CC(C#N)(c2ccc(OC(F)F)c(C3CC3)c2OC)CCC1=O. The second-order valence-corrected chi connectivity index (χ2v) is 7.15. The highest BCUT2D eigenvalue weighted by Gasteiger charge is 2.48. The highest BCUT2D eigenvalue weighted by atomic mass is 19.3. The quantitative estimate of drug-likeness (QED) is 0.543. The zero-order valence-corrected chi connectivity index (χ0v) is 15.7. The Morgan fingerprint density at radius 2 is 2.04 bits per heavy atom. The fourth-order valence-electron chi connectivity index (χ4n) is 3.97. The van der Waals surface area contributed by atoms with Crippen LogP contribution < -0.4 is 9.47 Å². The van der Waals surface area contributed by atoms with Crippen LogP contribution in [0.5, 0.6) is 11.5 Å². The summed E-state index contributed by atoms with van der Waals surface area (Å²) in [4.78, 5) is 24.2. The molecule has 0 heterocycles. The van der Waals surface area contributed by atoms with E-state index in [1.807, 2.05) is 0 Å². The molecule has 8 heteroatoms. The average molecular weight is 393 g/mol. The normalized spacial score (nSPS) is 24.6. The Labute approximate surface area is 161 Å². The van der Waals surface area contributed by atoms with E-state index in [0.29, 0.717) is 16.9 Å². The van der Waals surface area contributed by atoms with E-state index in [1.54, 1.807) is 0 Å². The summed E-state index contributed by atoms with van der Waals surface area (Å²) < 4.78 is 40.6. The van der Waals surface area contributed by atoms with Crippen LogP contribution in [-0.2, 0) is 19.7 Å². The zero-order valence-electron chi connectivity index (χ0n) is 15.7. The first kappa shape index (κ1) is 20.1. The van der Waals surface area contributed by atoms with Gasteiger partial charge in [0, 0.05) is 17.5 Å². The molecule has 0 amide bonds. The second kappa shape index (κ2) is 7.74. The molecule has 6 nitrogen and oxygen atoms in total. The summed E-state index contributed by atoms with van der Waals surface area (Å²) in [6.07, 6.45) is 1.84. The minimum Gasteiger partial charge on any atom is -0.496 e. The molecule has 0 spiro atoms. The largest absolute Gasteiger partial charge is 0.496 e. The number of nitriles is 1. The van der Waals surface area contributed by atoms with Crippen LogP contribution in [0.2, 0.25) is 0 Å². The molecular weight excluding hydrogens is 372 g/mol. The molecule has 2 unspecified atom stereocenters. The summed E-state index contributed by atoms with van der Waals surface area (Å²) in [5, 5.41) is 10.0. The van der Waals surface area contributed by atoms with E-state index in [0.717, 1.165) is 12.8 Å². The monoisotopic (exact) mass is 393 g/mol. The molecule has 0 bridgehead atoms. The Bertz CT molecular complexity index is 823. The molecule has 0 aliphatic heterocycles. The summed E-state index contributed by atoms with van der Waals surface area (Å²) in [6.45, 7) is -2.98. The molecule has 2 fully saturated rings. The van der Waals surface area contributed by atoms with Crippen LogP contribution in [0.4, 0.5) is 8.78 Å². The van der Waals surface area contributed by atoms with E-state index in [4.69, 9.17) is 9.47 Å². The number of alkyl halides is 2. The first-order chi connectivity index (χ1) is 13.4. The van der Waals surface area contributed by atoms with Gasteiger partial charge in [0.15, 0.2) is 0 Å². The lowest BCUT2D eigenvalue weighted by Gasteiger charge is -2.35. The number of rotatable bonds is 6. The Morgan fingerprint density at radius 1 is 1.32 bits per heavy atom. The molecule has 0 N–H and O–H groups in total. The van der Waals surface area contributed by atoms with Gasteiger partial charge in [-0.25, -0.2) is 0 Å². The predicted molar refractivity (Wildman–Crippen MR) is 93.3 cm³/mol. The molecule has 0 saturated heterocycles. The predicted octanol–water partition coefficient (Wildman–Crippen LogP) is 3.48. The van der Waals surface area contributed by atoms with E-state index in [1.165, 1.54) is 26.4 Å². The minimum absolute atomic E-state index is 0.0148. The summed E-state index contributed by atoms with van der Waals surface area (Å²) in [5.41, 5.74) is -0.158. The third-order valence-corrected chi connectivity index (χ3v) is 5.52. The van der Waals surface area contributed by atoms with Crippen molar-refractivity contribution in [1.82, 2.24) is 0 Å². The topological polar surface area (TPSA) is 85.6 Å². The van der Waals surface area contributed by atoms with Gasteiger partial charge >= 0.3 is 12.6 Å². The number of esters is 1. The van der Waals surface area contributed by atoms with Crippen molar-refractivity contribution in [1.29, 1.82) is 5.26 Å². The maximum absolute atomic E-state index is 12.8. The molecular formula is C20H21F2NO5. The number of halogens is 2. The Balaban J connectivity index is 2.10. The molecule has 150 valence electrons. The van der Waals surface area contributed by atoms with Gasteiger partial charge in [-0.05, 0) is 37.7 Å². The van der Waals surface area contributed by atoms with Gasteiger partial charge in [0.05, 0.1) is 25.7 Å². The van der Waals surface area contributed by atoms with Crippen LogP contribution in [-0.4, -0.2) is 32.6 Å². The molecule has 1 aromatic rings. The summed E-state index contributed by atoms with van der Waals surface area (Å²) >= 11 is 0. The van der Waals surface area contributed by atoms with Crippen LogP contribution in [0, 0.1) is 17.2 Å². The second-order valence-electron chi connectivity index (χ2n) is 7.15. The minimum atomic E-state index is -2.98. The number of carbonyl (C=O) groups is 2. The van der Waals surface area contributed by atoms with Crippen molar-refractivity contribution >= 4 is 11.8 Å². The number of Topliss-reactive ketones (excluding diaryl/α,β-unsaturated/α-hetero) is 1. The standard InChI is InChI=1S/C20H21F2NO5/c1-26-17-13(5-6-15(28-19(21)22)16(17)11-3-4-11)20(10-23)8-7-14(24)12(9-20)18(25)27-2/h5-6,11-12,19H,3-4,7-9H2,1-2H3. The maximum Gasteiger partial charge on any atom is 0.387 e. The zero-order chi connectivity index (χ0) is 20.5. The number of carbonyl (C=O) groups excluding carboxylic acids is 2. The van der Waals surface area contributed by atoms with Crippen molar-refractivity contribution in [3.8, 4) is 17.6 Å². The van der Waals surface area contributed by atoms with Crippen molar-refractivity contribution in [2.45, 2.75) is 50.0 Å². The Hall–Kier alpha value is -2.69. The van der Waals surface area contributed by atoms with Gasteiger partial charge < -0.3 is 14.2 Å². The van der Waals surface area contributed by atoms with Gasteiger partial charge in [-0.1, -0.05) is 6.07 Å². The molecule has 0 aromatic heterocycles. The number of ether oxygens (including phenoxy) is 3. The van der Waals surface area contributed by atoms with Gasteiger partial charge in [0.25, 0.3) is 0 Å².